The standard InChI is InChI=1S/C59H48N2O/c1-41-15-13-26-56-58(41)54-37-36-52(40-57(54)62-56)61(55-38-31-46-20-11-12-25-53(46)59(55)47-21-9-4-10-22-47)51-24-14-23-50(39-51)60(48-32-27-44(28-33-48)42-16-5-2-6-17-42)49-34-29-45(30-35-49)43-18-7-3-8-19-43/h2,4-6,9-17,20-40,43H,3,7-8,18-19H2,1H3. The second-order valence-corrected chi connectivity index (χ2v) is 16.8. The van der Waals surface area contributed by atoms with Crippen molar-refractivity contribution in [2.45, 2.75) is 44.9 Å². The first-order valence-electron chi connectivity index (χ1n) is 22.1. The van der Waals surface area contributed by atoms with Crippen molar-refractivity contribution in [1.82, 2.24) is 0 Å². The van der Waals surface area contributed by atoms with Gasteiger partial charge in [-0.3, -0.25) is 0 Å². The smallest absolute Gasteiger partial charge is 0.137 e. The van der Waals surface area contributed by atoms with Gasteiger partial charge in [0.15, 0.2) is 0 Å². The molecule has 10 aromatic rings. The van der Waals surface area contributed by atoms with E-state index in [2.05, 4.69) is 223 Å². The zero-order chi connectivity index (χ0) is 41.4. The highest BCUT2D eigenvalue weighted by Gasteiger charge is 2.23. The summed E-state index contributed by atoms with van der Waals surface area (Å²) in [6.45, 7) is 2.16. The van der Waals surface area contributed by atoms with Crippen molar-refractivity contribution in [3.63, 3.8) is 0 Å². The molecule has 0 radical (unpaired) electrons. The van der Waals surface area contributed by atoms with Gasteiger partial charge < -0.3 is 14.2 Å². The quantitative estimate of drug-likeness (QED) is 0.145. The molecule has 0 saturated heterocycles. The fraction of sp³-hybridized carbons (Fsp3) is 0.119. The van der Waals surface area contributed by atoms with Gasteiger partial charge in [0.25, 0.3) is 0 Å². The van der Waals surface area contributed by atoms with Crippen LogP contribution in [0.25, 0.3) is 55.0 Å². The summed E-state index contributed by atoms with van der Waals surface area (Å²) in [6, 6.07) is 75.2. The van der Waals surface area contributed by atoms with Crippen molar-refractivity contribution in [2.24, 2.45) is 0 Å². The molecule has 1 fully saturated rings. The zero-order valence-corrected chi connectivity index (χ0v) is 35.0. The first kappa shape index (κ1) is 37.6. The van der Waals surface area contributed by atoms with Gasteiger partial charge in [-0.2, -0.15) is 0 Å². The molecule has 0 spiro atoms. The molecule has 0 amide bonds. The predicted molar refractivity (Wildman–Crippen MR) is 262 cm³/mol. The largest absolute Gasteiger partial charge is 0.456 e. The van der Waals surface area contributed by atoms with Gasteiger partial charge in [0.2, 0.25) is 0 Å². The van der Waals surface area contributed by atoms with Crippen molar-refractivity contribution < 1.29 is 4.42 Å². The third-order valence-corrected chi connectivity index (χ3v) is 13.0. The van der Waals surface area contributed by atoms with Crippen LogP contribution in [0.1, 0.15) is 49.1 Å². The molecule has 3 nitrogen and oxygen atoms in total. The van der Waals surface area contributed by atoms with Crippen molar-refractivity contribution >= 4 is 66.8 Å². The molecule has 1 aliphatic rings. The van der Waals surface area contributed by atoms with E-state index in [1.807, 2.05) is 0 Å². The van der Waals surface area contributed by atoms with Gasteiger partial charge >= 0.3 is 0 Å². The van der Waals surface area contributed by atoms with E-state index in [0.29, 0.717) is 5.92 Å². The van der Waals surface area contributed by atoms with Gasteiger partial charge in [-0.1, -0.05) is 153 Å². The summed E-state index contributed by atoms with van der Waals surface area (Å²) in [6.07, 6.45) is 6.55. The Bertz CT molecular complexity index is 3160. The number of nitrogens with zero attached hydrogens (tertiary/aromatic N) is 2. The minimum absolute atomic E-state index is 0.641. The van der Waals surface area contributed by atoms with E-state index >= 15 is 0 Å². The van der Waals surface area contributed by atoms with E-state index in [1.54, 1.807) is 0 Å². The van der Waals surface area contributed by atoms with E-state index in [-0.39, 0.29) is 0 Å². The summed E-state index contributed by atoms with van der Waals surface area (Å²) in [4.78, 5) is 4.82. The molecule has 300 valence electrons. The van der Waals surface area contributed by atoms with Gasteiger partial charge in [-0.25, -0.2) is 0 Å². The van der Waals surface area contributed by atoms with E-state index in [1.165, 1.54) is 81.6 Å². The van der Waals surface area contributed by atoms with Crippen LogP contribution in [0.2, 0.25) is 0 Å². The molecule has 62 heavy (non-hydrogen) atoms. The first-order valence-corrected chi connectivity index (χ1v) is 22.1. The Morgan fingerprint density at radius 3 is 1.79 bits per heavy atom. The molecule has 0 aliphatic heterocycles. The molecule has 0 N–H and O–H groups in total. The normalized spacial score (nSPS) is 13.2. The molecule has 9 aromatic carbocycles. The van der Waals surface area contributed by atoms with Crippen LogP contribution in [0.4, 0.5) is 34.1 Å². The van der Waals surface area contributed by atoms with Crippen LogP contribution < -0.4 is 9.80 Å². The van der Waals surface area contributed by atoms with Crippen molar-refractivity contribution in [2.75, 3.05) is 9.80 Å². The predicted octanol–water partition coefficient (Wildman–Crippen LogP) is 17.4. The van der Waals surface area contributed by atoms with E-state index < -0.39 is 0 Å². The summed E-state index contributed by atoms with van der Waals surface area (Å²) < 4.78 is 6.62. The average molecular weight is 801 g/mol. The maximum atomic E-state index is 6.62. The lowest BCUT2D eigenvalue weighted by Gasteiger charge is -2.31. The van der Waals surface area contributed by atoms with Gasteiger partial charge in [0, 0.05) is 50.8 Å². The van der Waals surface area contributed by atoms with Gasteiger partial charge in [0.1, 0.15) is 11.2 Å². The highest BCUT2D eigenvalue weighted by Crippen LogP contribution is 2.47. The molecule has 1 heterocycles. The van der Waals surface area contributed by atoms with Crippen molar-refractivity contribution in [3.05, 3.63) is 217 Å². The third-order valence-electron chi connectivity index (χ3n) is 13.0. The van der Waals surface area contributed by atoms with Gasteiger partial charge in [-0.05, 0) is 131 Å². The Labute approximate surface area is 364 Å². The fourth-order valence-corrected chi connectivity index (χ4v) is 9.90. The molecule has 11 rings (SSSR count). The minimum Gasteiger partial charge on any atom is -0.456 e. The lowest BCUT2D eigenvalue weighted by Crippen LogP contribution is -2.14. The third kappa shape index (κ3) is 7.00. The molecule has 1 aromatic heterocycles. The van der Waals surface area contributed by atoms with Crippen molar-refractivity contribution in [1.29, 1.82) is 0 Å². The average Bonchev–Trinajstić information content (AvgIpc) is 3.72. The Morgan fingerprint density at radius 1 is 0.419 bits per heavy atom. The number of benzene rings is 9. The van der Waals surface area contributed by atoms with Crippen LogP contribution in [0.15, 0.2) is 211 Å². The minimum atomic E-state index is 0.641. The van der Waals surface area contributed by atoms with Crippen molar-refractivity contribution in [3.8, 4) is 22.3 Å². The fourth-order valence-electron chi connectivity index (χ4n) is 9.90. The molecule has 3 heteroatoms. The Morgan fingerprint density at radius 2 is 1.03 bits per heavy atom. The number of furan rings is 1. The van der Waals surface area contributed by atoms with Gasteiger partial charge in [0.05, 0.1) is 5.69 Å². The molecule has 1 aliphatic carbocycles. The second-order valence-electron chi connectivity index (χ2n) is 16.8. The van der Waals surface area contributed by atoms with Crippen LogP contribution in [0, 0.1) is 6.92 Å². The highest BCUT2D eigenvalue weighted by molar-refractivity contribution is 6.09. The summed E-state index contributed by atoms with van der Waals surface area (Å²) in [5.74, 6) is 0.641. The molecule has 1 saturated carbocycles. The molecular formula is C59H48N2O. The molecular weight excluding hydrogens is 753 g/mol. The van der Waals surface area contributed by atoms with E-state index in [4.69, 9.17) is 4.42 Å². The van der Waals surface area contributed by atoms with Crippen LogP contribution in [0.3, 0.4) is 0 Å². The topological polar surface area (TPSA) is 19.6 Å². The zero-order valence-electron chi connectivity index (χ0n) is 35.0. The summed E-state index contributed by atoms with van der Waals surface area (Å²) in [5.41, 5.74) is 15.7. The molecule has 0 unspecified atom stereocenters. The lowest BCUT2D eigenvalue weighted by molar-refractivity contribution is 0.443. The maximum Gasteiger partial charge on any atom is 0.137 e. The maximum absolute atomic E-state index is 6.62. The summed E-state index contributed by atoms with van der Waals surface area (Å²) in [7, 11) is 0. The van der Waals surface area contributed by atoms with Crippen LogP contribution >= 0.6 is 0 Å². The molecule has 0 bridgehead atoms. The van der Waals surface area contributed by atoms with Crippen LogP contribution in [0.5, 0.6) is 0 Å². The number of hydrogen-bond acceptors (Lipinski definition) is 3. The Hall–Kier alpha value is -7.36. The number of hydrogen-bond donors (Lipinski definition) is 0. The number of aryl methyl sites for hydroxylation is 1. The second kappa shape index (κ2) is 16.2. The number of rotatable bonds is 9. The van der Waals surface area contributed by atoms with E-state index in [9.17, 15) is 0 Å². The Kier molecular flexibility index (Phi) is 9.86. The monoisotopic (exact) mass is 800 g/mol. The van der Waals surface area contributed by atoms with Crippen LogP contribution in [-0.4, -0.2) is 0 Å². The highest BCUT2D eigenvalue weighted by atomic mass is 16.3. The van der Waals surface area contributed by atoms with Crippen LogP contribution in [-0.2, 0) is 0 Å². The first-order chi connectivity index (χ1) is 30.7. The van der Waals surface area contributed by atoms with E-state index in [0.717, 1.165) is 50.7 Å². The Balaban J connectivity index is 1.10. The van der Waals surface area contributed by atoms with Gasteiger partial charge in [-0.15, -0.1) is 0 Å². The molecule has 0 atom stereocenters. The summed E-state index contributed by atoms with van der Waals surface area (Å²) in [5, 5.41) is 4.70. The SMILES string of the molecule is Cc1cccc2oc3cc(N(c4cccc(N(c5ccc(-c6ccccc6)cc5)c5ccc(C6CCCCC6)cc5)c4)c4ccc5ccccc5c4-c4ccccc4)ccc3c12. The number of anilines is 6. The summed E-state index contributed by atoms with van der Waals surface area (Å²) >= 11 is 0. The number of fused-ring (bicyclic) bond motifs is 4. The lowest BCUT2D eigenvalue weighted by atomic mass is 9.84.